The highest BCUT2D eigenvalue weighted by atomic mass is 32.2. The summed E-state index contributed by atoms with van der Waals surface area (Å²) in [7, 11) is -3.56. The summed E-state index contributed by atoms with van der Waals surface area (Å²) in [5, 5.41) is 16.8. The zero-order chi connectivity index (χ0) is 19.2. The molecule has 9 nitrogen and oxygen atoms in total. The second kappa shape index (κ2) is 6.38. The number of hydrogen-bond acceptors (Lipinski definition) is 7. The minimum Gasteiger partial charge on any atom is -0.363 e. The van der Waals surface area contributed by atoms with Gasteiger partial charge in [0.2, 0.25) is 10.0 Å². The number of sulfonamides is 1. The van der Waals surface area contributed by atoms with E-state index in [9.17, 15) is 8.42 Å². The Bertz CT molecular complexity index is 1040. The molecule has 0 unspecified atom stereocenters. The molecule has 1 aliphatic rings. The summed E-state index contributed by atoms with van der Waals surface area (Å²) in [4.78, 5) is 0.0883. The van der Waals surface area contributed by atoms with Crippen LogP contribution in [0.5, 0.6) is 0 Å². The lowest BCUT2D eigenvalue weighted by Crippen LogP contribution is -2.38. The smallest absolute Gasteiger partial charge is 0.247 e. The van der Waals surface area contributed by atoms with Crippen molar-refractivity contribution >= 4 is 15.7 Å². The monoisotopic (exact) mass is 390 g/mol. The molecule has 3 aromatic rings. The Morgan fingerprint density at radius 1 is 1.15 bits per heavy atom. The van der Waals surface area contributed by atoms with Gasteiger partial charge in [-0.15, -0.1) is 10.2 Å². The number of aromatic nitrogens is 5. The predicted octanol–water partition coefficient (Wildman–Crippen LogP) is 1.98. The molecule has 1 aliphatic heterocycles. The van der Waals surface area contributed by atoms with Gasteiger partial charge in [0.1, 0.15) is 11.2 Å². The Morgan fingerprint density at radius 2 is 1.89 bits per heavy atom. The summed E-state index contributed by atoms with van der Waals surface area (Å²) >= 11 is 0. The Morgan fingerprint density at radius 3 is 2.52 bits per heavy atom. The van der Waals surface area contributed by atoms with E-state index in [1.165, 1.54) is 10.5 Å². The summed E-state index contributed by atoms with van der Waals surface area (Å²) < 4.78 is 33.1. The third kappa shape index (κ3) is 3.23. The Kier molecular flexibility index (Phi) is 4.26. The normalized spacial score (nSPS) is 17.6. The molecule has 0 amide bonds. The molecule has 3 aromatic heterocycles. The number of rotatable bonds is 3. The lowest BCUT2D eigenvalue weighted by atomic mass is 9.92. The molecular formula is C17H22N6O3S. The number of hydrogen-bond donors (Lipinski definition) is 0. The summed E-state index contributed by atoms with van der Waals surface area (Å²) in [5.74, 6) is 0.898. The van der Waals surface area contributed by atoms with E-state index in [-0.39, 0.29) is 16.2 Å². The zero-order valence-corrected chi connectivity index (χ0v) is 16.3. The van der Waals surface area contributed by atoms with Crippen molar-refractivity contribution in [2.24, 2.45) is 0 Å². The van der Waals surface area contributed by atoms with E-state index < -0.39 is 10.0 Å². The molecular weight excluding hydrogens is 368 g/mol. The highest BCUT2D eigenvalue weighted by Gasteiger charge is 2.33. The Labute approximate surface area is 157 Å². The molecule has 144 valence electrons. The molecule has 0 atom stereocenters. The van der Waals surface area contributed by atoms with Crippen molar-refractivity contribution in [1.82, 2.24) is 29.3 Å². The fourth-order valence-corrected chi connectivity index (χ4v) is 4.62. The maximum atomic E-state index is 12.6. The SMILES string of the molecule is CC(C)(C)c1ccc2nnc(C3CCN(S(=O)(=O)c4cnoc4)CC3)n2n1. The first kappa shape index (κ1) is 18.1. The Balaban J connectivity index is 1.56. The molecule has 0 N–H and O–H groups in total. The first-order valence-corrected chi connectivity index (χ1v) is 10.3. The van der Waals surface area contributed by atoms with Crippen molar-refractivity contribution in [2.45, 2.75) is 49.8 Å². The predicted molar refractivity (Wildman–Crippen MR) is 96.7 cm³/mol. The quantitative estimate of drug-likeness (QED) is 0.673. The van der Waals surface area contributed by atoms with Crippen LogP contribution in [0.25, 0.3) is 5.65 Å². The summed E-state index contributed by atoms with van der Waals surface area (Å²) in [5.41, 5.74) is 1.59. The van der Waals surface area contributed by atoms with Gasteiger partial charge in [0.15, 0.2) is 11.5 Å². The highest BCUT2D eigenvalue weighted by Crippen LogP contribution is 2.30. The first-order valence-electron chi connectivity index (χ1n) is 8.89. The zero-order valence-electron chi connectivity index (χ0n) is 15.5. The molecule has 10 heteroatoms. The molecule has 0 radical (unpaired) electrons. The van der Waals surface area contributed by atoms with Gasteiger partial charge in [0.25, 0.3) is 0 Å². The second-order valence-electron chi connectivity index (χ2n) is 7.84. The molecule has 0 spiro atoms. The van der Waals surface area contributed by atoms with Crippen LogP contribution in [0.4, 0.5) is 0 Å². The first-order chi connectivity index (χ1) is 12.8. The molecule has 4 heterocycles. The largest absolute Gasteiger partial charge is 0.363 e. The number of piperidine rings is 1. The third-order valence-corrected chi connectivity index (χ3v) is 6.76. The number of nitrogens with zero attached hydrogens (tertiary/aromatic N) is 6. The fourth-order valence-electron chi connectivity index (χ4n) is 3.29. The minimum atomic E-state index is -3.56. The maximum absolute atomic E-state index is 12.6. The van der Waals surface area contributed by atoms with E-state index in [0.717, 1.165) is 17.8 Å². The Hall–Kier alpha value is -2.33. The standard InChI is InChI=1S/C17H22N6O3S/c1-17(2,3)14-4-5-15-19-20-16(23(15)21-14)12-6-8-22(9-7-12)27(24,25)13-10-18-26-11-13/h4-5,10-12H,6-9H2,1-3H3. The molecule has 0 saturated carbocycles. The molecule has 0 bridgehead atoms. The van der Waals surface area contributed by atoms with Gasteiger partial charge < -0.3 is 4.52 Å². The summed E-state index contributed by atoms with van der Waals surface area (Å²) in [6, 6.07) is 3.90. The van der Waals surface area contributed by atoms with Crippen molar-refractivity contribution < 1.29 is 12.9 Å². The fraction of sp³-hybridized carbons (Fsp3) is 0.529. The van der Waals surface area contributed by atoms with Gasteiger partial charge in [0, 0.05) is 24.4 Å². The summed E-state index contributed by atoms with van der Waals surface area (Å²) in [6.45, 7) is 7.15. The van der Waals surface area contributed by atoms with Crippen LogP contribution in [0.2, 0.25) is 0 Å². The molecule has 4 rings (SSSR count). The van der Waals surface area contributed by atoms with Crippen molar-refractivity contribution in [2.75, 3.05) is 13.1 Å². The van der Waals surface area contributed by atoms with Crippen LogP contribution in [-0.4, -0.2) is 50.8 Å². The van der Waals surface area contributed by atoms with E-state index in [2.05, 4.69) is 40.6 Å². The van der Waals surface area contributed by atoms with Gasteiger partial charge in [-0.2, -0.15) is 13.9 Å². The van der Waals surface area contributed by atoms with Gasteiger partial charge in [0.05, 0.1) is 11.9 Å². The molecule has 27 heavy (non-hydrogen) atoms. The van der Waals surface area contributed by atoms with E-state index in [4.69, 9.17) is 5.10 Å². The average molecular weight is 390 g/mol. The van der Waals surface area contributed by atoms with Gasteiger partial charge in [-0.05, 0) is 25.0 Å². The molecule has 1 saturated heterocycles. The topological polar surface area (TPSA) is 106 Å². The second-order valence-corrected chi connectivity index (χ2v) is 9.77. The highest BCUT2D eigenvalue weighted by molar-refractivity contribution is 7.89. The van der Waals surface area contributed by atoms with Crippen LogP contribution in [-0.2, 0) is 15.4 Å². The van der Waals surface area contributed by atoms with Crippen LogP contribution in [0.3, 0.4) is 0 Å². The average Bonchev–Trinajstić information content (AvgIpc) is 3.31. The van der Waals surface area contributed by atoms with E-state index in [0.29, 0.717) is 31.6 Å². The third-order valence-electron chi connectivity index (χ3n) is 4.92. The van der Waals surface area contributed by atoms with Gasteiger partial charge >= 0.3 is 0 Å². The van der Waals surface area contributed by atoms with E-state index >= 15 is 0 Å². The van der Waals surface area contributed by atoms with Crippen molar-refractivity contribution in [3.63, 3.8) is 0 Å². The molecule has 1 fully saturated rings. The van der Waals surface area contributed by atoms with Crippen LogP contribution in [0, 0.1) is 0 Å². The van der Waals surface area contributed by atoms with E-state index in [1.54, 1.807) is 4.52 Å². The van der Waals surface area contributed by atoms with Crippen LogP contribution < -0.4 is 0 Å². The van der Waals surface area contributed by atoms with Crippen molar-refractivity contribution in [1.29, 1.82) is 0 Å². The van der Waals surface area contributed by atoms with Gasteiger partial charge in [-0.1, -0.05) is 25.9 Å². The van der Waals surface area contributed by atoms with Crippen LogP contribution >= 0.6 is 0 Å². The van der Waals surface area contributed by atoms with Crippen molar-refractivity contribution in [3.05, 3.63) is 36.1 Å². The number of fused-ring (bicyclic) bond motifs is 1. The molecule has 0 aromatic carbocycles. The summed E-state index contributed by atoms with van der Waals surface area (Å²) in [6.07, 6.45) is 3.70. The lowest BCUT2D eigenvalue weighted by Gasteiger charge is -2.29. The maximum Gasteiger partial charge on any atom is 0.247 e. The van der Waals surface area contributed by atoms with Gasteiger partial charge in [-0.25, -0.2) is 8.42 Å². The van der Waals surface area contributed by atoms with Crippen molar-refractivity contribution in [3.8, 4) is 0 Å². The minimum absolute atomic E-state index is 0.0776. The lowest BCUT2D eigenvalue weighted by molar-refractivity contribution is 0.311. The van der Waals surface area contributed by atoms with Crippen LogP contribution in [0.15, 0.2) is 34.0 Å². The van der Waals surface area contributed by atoms with E-state index in [1.807, 2.05) is 12.1 Å². The van der Waals surface area contributed by atoms with Crippen LogP contribution in [0.1, 0.15) is 51.0 Å². The van der Waals surface area contributed by atoms with Gasteiger partial charge in [-0.3, -0.25) is 0 Å². The molecule has 0 aliphatic carbocycles.